The summed E-state index contributed by atoms with van der Waals surface area (Å²) in [6, 6.07) is 1.76. The third kappa shape index (κ3) is 2.29. The molecule has 0 unspecified atom stereocenters. The highest BCUT2D eigenvalue weighted by atomic mass is 35.5. The van der Waals surface area contributed by atoms with Gasteiger partial charge in [-0.1, -0.05) is 11.6 Å². The summed E-state index contributed by atoms with van der Waals surface area (Å²) in [6.45, 7) is 2.12. The molecule has 0 saturated carbocycles. The minimum absolute atomic E-state index is 0.148. The topological polar surface area (TPSA) is 68.0 Å². The van der Waals surface area contributed by atoms with Crippen molar-refractivity contribution in [2.45, 2.75) is 13.5 Å². The van der Waals surface area contributed by atoms with Gasteiger partial charge >= 0.3 is 5.97 Å². The molecule has 0 atom stereocenters. The average Bonchev–Trinajstić information content (AvgIpc) is 2.64. The maximum absolute atomic E-state index is 11.0. The summed E-state index contributed by atoms with van der Waals surface area (Å²) in [5, 5.41) is 9.53. The number of aromatic nitrogens is 3. The molecular formula is C11H10ClN3O2. The predicted octanol–water partition coefficient (Wildman–Crippen LogP) is 1.99. The normalized spacial score (nSPS) is 10.5. The Morgan fingerprint density at radius 1 is 1.53 bits per heavy atom. The van der Waals surface area contributed by atoms with Gasteiger partial charge in [-0.05, 0) is 18.6 Å². The zero-order chi connectivity index (χ0) is 12.4. The van der Waals surface area contributed by atoms with Crippen molar-refractivity contribution < 1.29 is 9.90 Å². The number of halogens is 1. The first kappa shape index (κ1) is 11.6. The second-order valence-electron chi connectivity index (χ2n) is 3.55. The van der Waals surface area contributed by atoms with E-state index in [1.807, 2.05) is 0 Å². The van der Waals surface area contributed by atoms with Crippen LogP contribution in [0, 0.1) is 6.92 Å². The highest BCUT2D eigenvalue weighted by Crippen LogP contribution is 2.17. The van der Waals surface area contributed by atoms with E-state index in [2.05, 4.69) is 9.97 Å². The molecule has 0 aliphatic heterocycles. The van der Waals surface area contributed by atoms with Crippen molar-refractivity contribution in [3.8, 4) is 0 Å². The maximum atomic E-state index is 11.0. The Kier molecular flexibility index (Phi) is 3.10. The van der Waals surface area contributed by atoms with Gasteiger partial charge in [-0.2, -0.15) is 0 Å². The first-order valence-corrected chi connectivity index (χ1v) is 5.31. The molecule has 2 rings (SSSR count). The second-order valence-corrected chi connectivity index (χ2v) is 3.96. The number of pyridine rings is 1. The van der Waals surface area contributed by atoms with E-state index in [1.165, 1.54) is 12.4 Å². The molecule has 0 bridgehead atoms. The van der Waals surface area contributed by atoms with Crippen molar-refractivity contribution in [2.75, 3.05) is 0 Å². The van der Waals surface area contributed by atoms with Crippen molar-refractivity contribution in [3.63, 3.8) is 0 Å². The molecule has 17 heavy (non-hydrogen) atoms. The molecular weight excluding hydrogens is 242 g/mol. The summed E-state index contributed by atoms with van der Waals surface area (Å²) in [6.07, 6.45) is 4.49. The van der Waals surface area contributed by atoms with Crippen LogP contribution < -0.4 is 0 Å². The molecule has 2 aromatic heterocycles. The van der Waals surface area contributed by atoms with Gasteiger partial charge in [0.2, 0.25) is 0 Å². The van der Waals surface area contributed by atoms with Crippen LogP contribution in [0.15, 0.2) is 24.7 Å². The van der Waals surface area contributed by atoms with Gasteiger partial charge in [0, 0.05) is 12.4 Å². The Bertz CT molecular complexity index is 566. The van der Waals surface area contributed by atoms with E-state index in [4.69, 9.17) is 16.7 Å². The molecule has 0 fully saturated rings. The van der Waals surface area contributed by atoms with E-state index in [0.717, 1.165) is 5.56 Å². The molecule has 0 aliphatic rings. The number of hydrogen-bond acceptors (Lipinski definition) is 3. The minimum atomic E-state index is -1.00. The van der Waals surface area contributed by atoms with E-state index >= 15 is 0 Å². The van der Waals surface area contributed by atoms with Crippen LogP contribution in [0.4, 0.5) is 0 Å². The van der Waals surface area contributed by atoms with Gasteiger partial charge < -0.3 is 9.67 Å². The predicted molar refractivity (Wildman–Crippen MR) is 62.3 cm³/mol. The number of nitrogens with zero attached hydrogens (tertiary/aromatic N) is 3. The molecule has 5 nitrogen and oxygen atoms in total. The lowest BCUT2D eigenvalue weighted by molar-refractivity contribution is 0.0685. The molecule has 0 spiro atoms. The van der Waals surface area contributed by atoms with Crippen molar-refractivity contribution in [2.24, 2.45) is 0 Å². The summed E-state index contributed by atoms with van der Waals surface area (Å²) >= 11 is 5.98. The van der Waals surface area contributed by atoms with Gasteiger partial charge in [-0.3, -0.25) is 4.98 Å². The Morgan fingerprint density at radius 3 is 2.94 bits per heavy atom. The molecule has 2 heterocycles. The molecule has 0 saturated heterocycles. The molecule has 0 radical (unpaired) electrons. The van der Waals surface area contributed by atoms with E-state index in [9.17, 15) is 4.79 Å². The van der Waals surface area contributed by atoms with Crippen molar-refractivity contribution >= 4 is 17.6 Å². The van der Waals surface area contributed by atoms with Crippen LogP contribution in [0.5, 0.6) is 0 Å². The van der Waals surface area contributed by atoms with Gasteiger partial charge in [0.25, 0.3) is 0 Å². The fourth-order valence-corrected chi connectivity index (χ4v) is 1.72. The molecule has 6 heteroatoms. The Labute approximate surface area is 103 Å². The molecule has 0 aromatic carbocycles. The van der Waals surface area contributed by atoms with E-state index < -0.39 is 5.97 Å². The molecule has 2 aromatic rings. The fraction of sp³-hybridized carbons (Fsp3) is 0.182. The van der Waals surface area contributed by atoms with Crippen molar-refractivity contribution in [3.05, 3.63) is 46.8 Å². The maximum Gasteiger partial charge on any atom is 0.354 e. The van der Waals surface area contributed by atoms with Crippen LogP contribution in [0.1, 0.15) is 21.9 Å². The van der Waals surface area contributed by atoms with Crippen LogP contribution in [0.3, 0.4) is 0 Å². The summed E-state index contributed by atoms with van der Waals surface area (Å²) < 4.78 is 1.60. The van der Waals surface area contributed by atoms with Crippen LogP contribution in [-0.2, 0) is 6.54 Å². The third-order valence-corrected chi connectivity index (χ3v) is 2.80. The van der Waals surface area contributed by atoms with Crippen LogP contribution in [-0.4, -0.2) is 25.6 Å². The quantitative estimate of drug-likeness (QED) is 0.906. The molecule has 0 amide bonds. The van der Waals surface area contributed by atoms with Crippen LogP contribution in [0.25, 0.3) is 0 Å². The first-order chi connectivity index (χ1) is 8.09. The van der Waals surface area contributed by atoms with Gasteiger partial charge in [0.1, 0.15) is 11.5 Å². The SMILES string of the molecule is Cc1ncc(C(=O)O)n1Cc1ccncc1Cl. The molecule has 0 aliphatic carbocycles. The highest BCUT2D eigenvalue weighted by molar-refractivity contribution is 6.31. The third-order valence-electron chi connectivity index (χ3n) is 2.46. The van der Waals surface area contributed by atoms with Crippen LogP contribution >= 0.6 is 11.6 Å². The monoisotopic (exact) mass is 251 g/mol. The van der Waals surface area contributed by atoms with Crippen molar-refractivity contribution in [1.82, 2.24) is 14.5 Å². The lowest BCUT2D eigenvalue weighted by atomic mass is 10.2. The number of rotatable bonds is 3. The zero-order valence-corrected chi connectivity index (χ0v) is 9.85. The largest absolute Gasteiger partial charge is 0.477 e. The van der Waals surface area contributed by atoms with Gasteiger partial charge in [-0.25, -0.2) is 9.78 Å². The number of carboxylic acid groups (broad SMARTS) is 1. The van der Waals surface area contributed by atoms with E-state index in [-0.39, 0.29) is 5.69 Å². The van der Waals surface area contributed by atoms with Gasteiger partial charge in [-0.15, -0.1) is 0 Å². The van der Waals surface area contributed by atoms with Crippen molar-refractivity contribution in [1.29, 1.82) is 0 Å². The first-order valence-electron chi connectivity index (χ1n) is 4.93. The Hall–Kier alpha value is -1.88. The smallest absolute Gasteiger partial charge is 0.354 e. The highest BCUT2D eigenvalue weighted by Gasteiger charge is 2.14. The number of imidazole rings is 1. The summed E-state index contributed by atoms with van der Waals surface area (Å²) in [5.74, 6) is -0.369. The summed E-state index contributed by atoms with van der Waals surface area (Å²) in [4.78, 5) is 18.9. The molecule has 1 N–H and O–H groups in total. The summed E-state index contributed by atoms with van der Waals surface area (Å²) in [7, 11) is 0. The Balaban J connectivity index is 2.39. The minimum Gasteiger partial charge on any atom is -0.477 e. The lowest BCUT2D eigenvalue weighted by Crippen LogP contribution is -2.11. The average molecular weight is 252 g/mol. The number of carboxylic acids is 1. The summed E-state index contributed by atoms with van der Waals surface area (Å²) in [5.41, 5.74) is 0.959. The number of carbonyl (C=O) groups is 1. The van der Waals surface area contributed by atoms with Gasteiger partial charge in [0.05, 0.1) is 17.8 Å². The fourth-order valence-electron chi connectivity index (χ4n) is 1.54. The van der Waals surface area contributed by atoms with Gasteiger partial charge in [0.15, 0.2) is 0 Å². The Morgan fingerprint density at radius 2 is 2.29 bits per heavy atom. The zero-order valence-electron chi connectivity index (χ0n) is 9.09. The lowest BCUT2D eigenvalue weighted by Gasteiger charge is -2.08. The molecule has 88 valence electrons. The number of aryl methyl sites for hydroxylation is 1. The van der Waals surface area contributed by atoms with E-state index in [0.29, 0.717) is 17.4 Å². The second kappa shape index (κ2) is 4.55. The number of aromatic carboxylic acids is 1. The number of hydrogen-bond donors (Lipinski definition) is 1. The standard InChI is InChI=1S/C11H10ClN3O2/c1-7-14-5-10(11(16)17)15(7)6-8-2-3-13-4-9(8)12/h2-5H,6H2,1H3,(H,16,17). The van der Waals surface area contributed by atoms with E-state index in [1.54, 1.807) is 23.8 Å². The van der Waals surface area contributed by atoms with Crippen LogP contribution in [0.2, 0.25) is 5.02 Å².